The third-order valence-corrected chi connectivity index (χ3v) is 5.82. The van der Waals surface area contributed by atoms with Crippen LogP contribution in [-0.2, 0) is 0 Å². The minimum absolute atomic E-state index is 0.0562. The molecule has 2 aromatic carbocycles. The van der Waals surface area contributed by atoms with E-state index in [1.165, 1.54) is 4.90 Å². The van der Waals surface area contributed by atoms with Crippen molar-refractivity contribution < 1.29 is 14.4 Å². The van der Waals surface area contributed by atoms with Crippen molar-refractivity contribution >= 4 is 10.9 Å². The van der Waals surface area contributed by atoms with Crippen molar-refractivity contribution in [1.29, 1.82) is 0 Å². The Morgan fingerprint density at radius 2 is 2.00 bits per heavy atom. The minimum atomic E-state index is -0.0819. The second-order valence-corrected chi connectivity index (χ2v) is 7.32. The summed E-state index contributed by atoms with van der Waals surface area (Å²) in [4.78, 5) is 21.7. The molecule has 1 aromatic heterocycles. The van der Waals surface area contributed by atoms with Crippen LogP contribution in [0.1, 0.15) is 43.2 Å². The van der Waals surface area contributed by atoms with Gasteiger partial charge in [-0.3, -0.25) is 4.79 Å². The molecular formula is C22H26N3O3+. The zero-order valence-electron chi connectivity index (χ0n) is 16.5. The number of likely N-dealkylation sites (tertiary alicyclic amines) is 1. The van der Waals surface area contributed by atoms with Gasteiger partial charge >= 0.3 is 0 Å². The number of hydrogen-bond donors (Lipinski definition) is 2. The number of ether oxygens (including phenoxy) is 2. The number of aromatic amines is 1. The number of benzene rings is 2. The summed E-state index contributed by atoms with van der Waals surface area (Å²) in [5.41, 5.74) is 1.80. The van der Waals surface area contributed by atoms with Crippen LogP contribution < -0.4 is 19.9 Å². The van der Waals surface area contributed by atoms with E-state index in [1.54, 1.807) is 14.2 Å². The summed E-state index contributed by atoms with van der Waals surface area (Å²) in [5, 5.41) is 0.626. The number of methoxy groups -OCH3 is 2. The number of hydrogen-bond acceptors (Lipinski definition) is 4. The topological polar surface area (TPSA) is 68.7 Å². The Labute approximate surface area is 164 Å². The summed E-state index contributed by atoms with van der Waals surface area (Å²) in [5.74, 6) is 2.43. The van der Waals surface area contributed by atoms with Crippen LogP contribution in [0.15, 0.2) is 47.3 Å². The average molecular weight is 380 g/mol. The Morgan fingerprint density at radius 1 is 1.18 bits per heavy atom. The average Bonchev–Trinajstić information content (AvgIpc) is 3.22. The van der Waals surface area contributed by atoms with E-state index in [4.69, 9.17) is 14.5 Å². The number of quaternary nitrogens is 1. The molecule has 1 unspecified atom stereocenters. The van der Waals surface area contributed by atoms with Gasteiger partial charge < -0.3 is 19.4 Å². The highest BCUT2D eigenvalue weighted by Crippen LogP contribution is 2.32. The van der Waals surface area contributed by atoms with Gasteiger partial charge in [-0.05, 0) is 37.3 Å². The van der Waals surface area contributed by atoms with Gasteiger partial charge in [0.15, 0.2) is 5.82 Å². The third-order valence-electron chi connectivity index (χ3n) is 5.82. The molecule has 1 fully saturated rings. The van der Waals surface area contributed by atoms with E-state index in [0.29, 0.717) is 5.39 Å². The van der Waals surface area contributed by atoms with Crippen LogP contribution in [0, 0.1) is 0 Å². The summed E-state index contributed by atoms with van der Waals surface area (Å²) in [6, 6.07) is 13.7. The lowest BCUT2D eigenvalue weighted by molar-refractivity contribution is -0.948. The van der Waals surface area contributed by atoms with Crippen LogP contribution >= 0.6 is 0 Å². The number of H-pyrrole nitrogens is 1. The lowest BCUT2D eigenvalue weighted by atomic mass is 10.0. The fourth-order valence-corrected chi connectivity index (χ4v) is 4.34. The Morgan fingerprint density at radius 3 is 2.79 bits per heavy atom. The molecule has 1 saturated heterocycles. The van der Waals surface area contributed by atoms with Gasteiger partial charge in [0.05, 0.1) is 37.2 Å². The quantitative estimate of drug-likeness (QED) is 0.713. The van der Waals surface area contributed by atoms with Crippen LogP contribution in [-0.4, -0.2) is 30.7 Å². The van der Waals surface area contributed by atoms with Crippen molar-refractivity contribution in [3.63, 3.8) is 0 Å². The Balaban J connectivity index is 1.72. The second kappa shape index (κ2) is 7.64. The zero-order valence-corrected chi connectivity index (χ0v) is 16.5. The number of para-hydroxylation sites is 1. The molecule has 1 aliphatic heterocycles. The van der Waals surface area contributed by atoms with Crippen molar-refractivity contribution in [2.24, 2.45) is 0 Å². The molecule has 1 aliphatic rings. The van der Waals surface area contributed by atoms with Gasteiger partial charge in [0.25, 0.3) is 5.56 Å². The van der Waals surface area contributed by atoms with E-state index in [2.05, 4.69) is 18.0 Å². The van der Waals surface area contributed by atoms with Gasteiger partial charge in [-0.1, -0.05) is 12.1 Å². The molecule has 0 saturated carbocycles. The highest BCUT2D eigenvalue weighted by molar-refractivity contribution is 5.77. The Hall–Kier alpha value is -2.86. The smallest absolute Gasteiger partial charge is 0.258 e. The molecular weight excluding hydrogens is 354 g/mol. The summed E-state index contributed by atoms with van der Waals surface area (Å²) >= 11 is 0. The molecule has 4 rings (SSSR count). The molecule has 6 heteroatoms. The molecule has 0 spiro atoms. The minimum Gasteiger partial charge on any atom is -0.497 e. The Kier molecular flexibility index (Phi) is 5.05. The van der Waals surface area contributed by atoms with E-state index in [0.717, 1.165) is 47.8 Å². The molecule has 146 valence electrons. The summed E-state index contributed by atoms with van der Waals surface area (Å²) < 4.78 is 11.1. The number of aromatic nitrogens is 2. The highest BCUT2D eigenvalue weighted by Gasteiger charge is 2.37. The maximum atomic E-state index is 12.5. The van der Waals surface area contributed by atoms with Crippen LogP contribution in [0.5, 0.6) is 11.5 Å². The zero-order chi connectivity index (χ0) is 19.7. The number of fused-ring (bicyclic) bond motifs is 1. The molecule has 3 aromatic rings. The molecule has 0 aliphatic carbocycles. The van der Waals surface area contributed by atoms with Crippen LogP contribution in [0.25, 0.3) is 10.9 Å². The second-order valence-electron chi connectivity index (χ2n) is 7.32. The van der Waals surface area contributed by atoms with Gasteiger partial charge in [-0.15, -0.1) is 0 Å². The monoisotopic (exact) mass is 380 g/mol. The van der Waals surface area contributed by atoms with Crippen LogP contribution in [0.4, 0.5) is 0 Å². The fourth-order valence-electron chi connectivity index (χ4n) is 4.34. The molecule has 2 N–H and O–H groups in total. The van der Waals surface area contributed by atoms with Crippen LogP contribution in [0.3, 0.4) is 0 Å². The highest BCUT2D eigenvalue weighted by atomic mass is 16.5. The molecule has 2 heterocycles. The first-order valence-corrected chi connectivity index (χ1v) is 9.69. The van der Waals surface area contributed by atoms with Crippen molar-refractivity contribution in [3.8, 4) is 11.5 Å². The first kappa shape index (κ1) is 18.5. The lowest BCUT2D eigenvalue weighted by Crippen LogP contribution is -3.10. The van der Waals surface area contributed by atoms with Crippen molar-refractivity contribution in [3.05, 3.63) is 64.2 Å². The molecule has 28 heavy (non-hydrogen) atoms. The molecule has 0 amide bonds. The normalized spacial score (nSPS) is 20.2. The standard InChI is InChI=1S/C22H25N3O3/c1-14(21-23-18-8-5-4-7-16(18)22(26)24-21)25-12-6-9-19(25)17-13-15(27-2)10-11-20(17)28-3/h4-5,7-8,10-11,13-14,19H,6,9,12H2,1-3H3,(H,23,24,26)/p+1/t14-,19+/m0/s1. The lowest BCUT2D eigenvalue weighted by Gasteiger charge is -2.28. The van der Waals surface area contributed by atoms with Crippen LogP contribution in [0.2, 0.25) is 0 Å². The van der Waals surface area contributed by atoms with Gasteiger partial charge in [0, 0.05) is 12.8 Å². The van der Waals surface area contributed by atoms with Gasteiger partial charge in [-0.2, -0.15) is 0 Å². The van der Waals surface area contributed by atoms with Crippen molar-refractivity contribution in [2.45, 2.75) is 31.8 Å². The molecule has 6 nitrogen and oxygen atoms in total. The van der Waals surface area contributed by atoms with E-state index in [1.807, 2.05) is 36.4 Å². The first-order chi connectivity index (χ1) is 13.6. The number of nitrogens with zero attached hydrogens (tertiary/aromatic N) is 1. The predicted molar refractivity (Wildman–Crippen MR) is 108 cm³/mol. The first-order valence-electron chi connectivity index (χ1n) is 9.69. The molecule has 0 radical (unpaired) electrons. The van der Waals surface area contributed by atoms with E-state index < -0.39 is 0 Å². The van der Waals surface area contributed by atoms with E-state index in [-0.39, 0.29) is 17.6 Å². The largest absolute Gasteiger partial charge is 0.497 e. The maximum Gasteiger partial charge on any atom is 0.258 e. The van der Waals surface area contributed by atoms with Gasteiger partial charge in [-0.25, -0.2) is 4.98 Å². The SMILES string of the molecule is COc1ccc(OC)c([C@H]2CCC[NH+]2[C@@H](C)c2nc3ccccc3c(=O)[nH]2)c1. The predicted octanol–water partition coefficient (Wildman–Crippen LogP) is 2.42. The number of rotatable bonds is 5. The summed E-state index contributed by atoms with van der Waals surface area (Å²) in [6.07, 6.45) is 2.17. The fraction of sp³-hybridized carbons (Fsp3) is 0.364. The van der Waals surface area contributed by atoms with Gasteiger partial charge in [0.1, 0.15) is 23.6 Å². The van der Waals surface area contributed by atoms with Gasteiger partial charge in [0.2, 0.25) is 0 Å². The number of nitrogens with one attached hydrogen (secondary N) is 2. The van der Waals surface area contributed by atoms with Crippen molar-refractivity contribution in [2.75, 3.05) is 20.8 Å². The third kappa shape index (κ3) is 3.24. The molecule has 0 bridgehead atoms. The van der Waals surface area contributed by atoms with E-state index in [9.17, 15) is 4.79 Å². The summed E-state index contributed by atoms with van der Waals surface area (Å²) in [7, 11) is 3.38. The van der Waals surface area contributed by atoms with E-state index >= 15 is 0 Å². The Bertz CT molecular complexity index is 1050. The summed E-state index contributed by atoms with van der Waals surface area (Å²) in [6.45, 7) is 3.15. The van der Waals surface area contributed by atoms with Crippen molar-refractivity contribution in [1.82, 2.24) is 9.97 Å². The molecule has 3 atom stereocenters. The maximum absolute atomic E-state index is 12.5.